The Kier molecular flexibility index (Phi) is 3.50. The smallest absolute Gasteiger partial charge is 0.0248 e. The molecule has 2 saturated carbocycles. The number of hydrogen-bond acceptors (Lipinski definition) is 3. The molecule has 2 aliphatic rings. The van der Waals surface area contributed by atoms with Crippen molar-refractivity contribution in [3.8, 4) is 0 Å². The molecule has 0 amide bonds. The number of thiophene rings is 1. The lowest BCUT2D eigenvalue weighted by Crippen LogP contribution is -2.41. The van der Waals surface area contributed by atoms with Crippen molar-refractivity contribution >= 4 is 11.3 Å². The molecule has 0 bridgehead atoms. The molecule has 0 saturated heterocycles. The summed E-state index contributed by atoms with van der Waals surface area (Å²) in [5.74, 6) is 0. The highest BCUT2D eigenvalue weighted by Gasteiger charge is 2.32. The van der Waals surface area contributed by atoms with Crippen molar-refractivity contribution in [2.75, 3.05) is 6.54 Å². The van der Waals surface area contributed by atoms with Crippen LogP contribution in [0, 0.1) is 0 Å². The molecule has 1 aromatic rings. The fourth-order valence-corrected chi connectivity index (χ4v) is 3.05. The second-order valence-electron chi connectivity index (χ2n) is 5.57. The van der Waals surface area contributed by atoms with Crippen molar-refractivity contribution in [2.24, 2.45) is 0 Å². The van der Waals surface area contributed by atoms with Crippen LogP contribution in [0.15, 0.2) is 16.8 Å². The van der Waals surface area contributed by atoms with E-state index in [2.05, 4.69) is 34.0 Å². The van der Waals surface area contributed by atoms with Gasteiger partial charge in [0.2, 0.25) is 0 Å². The third-order valence-electron chi connectivity index (χ3n) is 3.81. The average Bonchev–Trinajstić information content (AvgIpc) is 3.24. The van der Waals surface area contributed by atoms with Gasteiger partial charge in [-0.1, -0.05) is 0 Å². The van der Waals surface area contributed by atoms with Gasteiger partial charge in [-0.05, 0) is 55.0 Å². The summed E-state index contributed by atoms with van der Waals surface area (Å²) in [4.78, 5) is 2.69. The van der Waals surface area contributed by atoms with Crippen LogP contribution < -0.4 is 5.32 Å². The first kappa shape index (κ1) is 11.7. The SMILES string of the molecule is CC(CNC1CC1)N(Cc1ccsc1)C1CC1. The highest BCUT2D eigenvalue weighted by molar-refractivity contribution is 7.07. The monoisotopic (exact) mass is 250 g/mol. The molecule has 3 rings (SSSR count). The molecule has 1 heterocycles. The zero-order valence-electron chi connectivity index (χ0n) is 10.6. The lowest BCUT2D eigenvalue weighted by Gasteiger charge is -2.29. The molecule has 3 heteroatoms. The summed E-state index contributed by atoms with van der Waals surface area (Å²) >= 11 is 1.81. The van der Waals surface area contributed by atoms with E-state index in [0.717, 1.165) is 25.2 Å². The number of hydrogen-bond donors (Lipinski definition) is 1. The molecule has 1 unspecified atom stereocenters. The molecule has 0 radical (unpaired) electrons. The van der Waals surface area contributed by atoms with E-state index in [4.69, 9.17) is 0 Å². The summed E-state index contributed by atoms with van der Waals surface area (Å²) in [6.45, 7) is 4.67. The van der Waals surface area contributed by atoms with Crippen molar-refractivity contribution in [3.63, 3.8) is 0 Å². The second kappa shape index (κ2) is 5.09. The molecule has 1 atom stereocenters. The Morgan fingerprint density at radius 2 is 2.24 bits per heavy atom. The third-order valence-corrected chi connectivity index (χ3v) is 4.54. The molecule has 2 nitrogen and oxygen atoms in total. The topological polar surface area (TPSA) is 15.3 Å². The van der Waals surface area contributed by atoms with Gasteiger partial charge in [0.15, 0.2) is 0 Å². The molecule has 94 valence electrons. The molecular formula is C14H22N2S. The Morgan fingerprint density at radius 3 is 2.82 bits per heavy atom. The lowest BCUT2D eigenvalue weighted by atomic mass is 10.2. The number of nitrogens with one attached hydrogen (secondary N) is 1. The summed E-state index contributed by atoms with van der Waals surface area (Å²) in [7, 11) is 0. The standard InChI is InChI=1S/C14H22N2S/c1-11(8-15-13-2-3-13)16(14-4-5-14)9-12-6-7-17-10-12/h6-7,10-11,13-15H,2-5,8-9H2,1H3. The van der Waals surface area contributed by atoms with E-state index >= 15 is 0 Å². The minimum absolute atomic E-state index is 0.669. The van der Waals surface area contributed by atoms with Crippen LogP contribution in [0.25, 0.3) is 0 Å². The quantitative estimate of drug-likeness (QED) is 0.800. The predicted molar refractivity (Wildman–Crippen MR) is 73.4 cm³/mol. The van der Waals surface area contributed by atoms with Gasteiger partial charge >= 0.3 is 0 Å². The Labute approximate surface area is 108 Å². The first-order valence-electron chi connectivity index (χ1n) is 6.83. The van der Waals surface area contributed by atoms with Crippen LogP contribution in [0.1, 0.15) is 38.2 Å². The number of nitrogens with zero attached hydrogens (tertiary/aromatic N) is 1. The predicted octanol–water partition coefficient (Wildman–Crippen LogP) is 2.85. The zero-order chi connectivity index (χ0) is 11.7. The lowest BCUT2D eigenvalue weighted by molar-refractivity contribution is 0.185. The summed E-state index contributed by atoms with van der Waals surface area (Å²) in [6.07, 6.45) is 5.58. The van der Waals surface area contributed by atoms with Crippen LogP contribution in [0.4, 0.5) is 0 Å². The van der Waals surface area contributed by atoms with E-state index in [0.29, 0.717) is 6.04 Å². The van der Waals surface area contributed by atoms with Crippen LogP contribution >= 0.6 is 11.3 Å². The van der Waals surface area contributed by atoms with E-state index < -0.39 is 0 Å². The first-order chi connectivity index (χ1) is 8.33. The van der Waals surface area contributed by atoms with Crippen molar-refractivity contribution in [1.29, 1.82) is 0 Å². The maximum atomic E-state index is 3.66. The average molecular weight is 250 g/mol. The minimum atomic E-state index is 0.669. The van der Waals surface area contributed by atoms with Gasteiger partial charge in [0.1, 0.15) is 0 Å². The molecule has 17 heavy (non-hydrogen) atoms. The molecule has 0 aliphatic heterocycles. The second-order valence-corrected chi connectivity index (χ2v) is 6.35. The maximum Gasteiger partial charge on any atom is 0.0248 e. The first-order valence-corrected chi connectivity index (χ1v) is 7.77. The van der Waals surface area contributed by atoms with Gasteiger partial charge in [-0.15, -0.1) is 0 Å². The Bertz CT molecular complexity index is 341. The van der Waals surface area contributed by atoms with Crippen LogP contribution in [0.5, 0.6) is 0 Å². The summed E-state index contributed by atoms with van der Waals surface area (Å²) in [5.41, 5.74) is 1.49. The highest BCUT2D eigenvalue weighted by Crippen LogP contribution is 2.30. The fraction of sp³-hybridized carbons (Fsp3) is 0.714. The molecule has 1 aromatic heterocycles. The van der Waals surface area contributed by atoms with E-state index in [1.54, 1.807) is 0 Å². The van der Waals surface area contributed by atoms with Crippen molar-refractivity contribution in [3.05, 3.63) is 22.4 Å². The molecule has 0 spiro atoms. The van der Waals surface area contributed by atoms with Gasteiger partial charge in [-0.2, -0.15) is 11.3 Å². The van der Waals surface area contributed by atoms with Crippen LogP contribution in [-0.2, 0) is 6.54 Å². The van der Waals surface area contributed by atoms with Crippen LogP contribution in [0.3, 0.4) is 0 Å². The normalized spacial score (nSPS) is 22.0. The van der Waals surface area contributed by atoms with Crippen LogP contribution in [0.2, 0.25) is 0 Å². The largest absolute Gasteiger partial charge is 0.312 e. The van der Waals surface area contributed by atoms with Gasteiger partial charge < -0.3 is 5.32 Å². The third kappa shape index (κ3) is 3.30. The minimum Gasteiger partial charge on any atom is -0.312 e. The maximum absolute atomic E-state index is 3.66. The van der Waals surface area contributed by atoms with Crippen molar-refractivity contribution in [1.82, 2.24) is 10.2 Å². The zero-order valence-corrected chi connectivity index (χ0v) is 11.4. The highest BCUT2D eigenvalue weighted by atomic mass is 32.1. The van der Waals surface area contributed by atoms with Gasteiger partial charge in [-0.25, -0.2) is 0 Å². The fourth-order valence-electron chi connectivity index (χ4n) is 2.39. The van der Waals surface area contributed by atoms with Gasteiger partial charge in [0.05, 0.1) is 0 Å². The van der Waals surface area contributed by atoms with E-state index in [9.17, 15) is 0 Å². The molecule has 0 aromatic carbocycles. The summed E-state index contributed by atoms with van der Waals surface area (Å²) in [6, 6.07) is 4.62. The Balaban J connectivity index is 1.54. The van der Waals surface area contributed by atoms with Gasteiger partial charge in [-0.3, -0.25) is 4.90 Å². The Hall–Kier alpha value is -0.380. The van der Waals surface area contributed by atoms with Crippen molar-refractivity contribution in [2.45, 2.75) is 57.3 Å². The molecule has 1 N–H and O–H groups in total. The van der Waals surface area contributed by atoms with E-state index in [1.165, 1.54) is 31.2 Å². The summed E-state index contributed by atoms with van der Waals surface area (Å²) in [5, 5.41) is 8.14. The van der Waals surface area contributed by atoms with E-state index in [-0.39, 0.29) is 0 Å². The van der Waals surface area contributed by atoms with Crippen LogP contribution in [-0.4, -0.2) is 29.6 Å². The van der Waals surface area contributed by atoms with Crippen molar-refractivity contribution < 1.29 is 0 Å². The molecular weight excluding hydrogens is 228 g/mol. The molecule has 2 fully saturated rings. The van der Waals surface area contributed by atoms with Gasteiger partial charge in [0, 0.05) is 31.2 Å². The van der Waals surface area contributed by atoms with Gasteiger partial charge in [0.25, 0.3) is 0 Å². The summed E-state index contributed by atoms with van der Waals surface area (Å²) < 4.78 is 0. The van der Waals surface area contributed by atoms with E-state index in [1.807, 2.05) is 11.3 Å². The Morgan fingerprint density at radius 1 is 1.41 bits per heavy atom. The number of rotatable bonds is 7. The molecule has 2 aliphatic carbocycles.